The average Bonchev–Trinajstić information content (AvgIpc) is 2.85. The van der Waals surface area contributed by atoms with Crippen LogP contribution in [0.25, 0.3) is 0 Å². The first-order valence-corrected chi connectivity index (χ1v) is 11.5. The van der Waals surface area contributed by atoms with Crippen molar-refractivity contribution in [1.82, 2.24) is 9.78 Å². The van der Waals surface area contributed by atoms with Crippen LogP contribution in [-0.4, -0.2) is 47.5 Å². The van der Waals surface area contributed by atoms with E-state index < -0.39 is 18.5 Å². The molecule has 0 fully saturated rings. The molecular weight excluding hydrogens is 448 g/mol. The van der Waals surface area contributed by atoms with Crippen LogP contribution in [-0.2, 0) is 16.1 Å². The number of benzene rings is 2. The van der Waals surface area contributed by atoms with Gasteiger partial charge in [0.2, 0.25) is 0 Å². The third-order valence-electron chi connectivity index (χ3n) is 5.17. The Morgan fingerprint density at radius 2 is 1.74 bits per heavy atom. The Morgan fingerprint density at radius 3 is 2.40 bits per heavy atom. The zero-order valence-corrected chi connectivity index (χ0v) is 20.1. The molecule has 0 saturated carbocycles. The maximum Gasteiger partial charge on any atom is 0.359 e. The molecule has 0 aliphatic heterocycles. The first kappa shape index (κ1) is 25.5. The first-order valence-electron chi connectivity index (χ1n) is 11.5. The second-order valence-corrected chi connectivity index (χ2v) is 7.99. The predicted molar refractivity (Wildman–Crippen MR) is 134 cm³/mol. The lowest BCUT2D eigenvalue weighted by molar-refractivity contribution is -0.119. The van der Waals surface area contributed by atoms with Crippen molar-refractivity contribution >= 4 is 23.3 Å². The van der Waals surface area contributed by atoms with Crippen molar-refractivity contribution in [3.8, 4) is 5.75 Å². The minimum Gasteiger partial charge on any atom is -0.492 e. The Balaban J connectivity index is 1.51. The summed E-state index contributed by atoms with van der Waals surface area (Å²) in [4.78, 5) is 38.9. The second-order valence-electron chi connectivity index (χ2n) is 7.99. The van der Waals surface area contributed by atoms with Crippen molar-refractivity contribution in [2.45, 2.75) is 33.4 Å². The third kappa shape index (κ3) is 7.43. The molecule has 35 heavy (non-hydrogen) atoms. The van der Waals surface area contributed by atoms with E-state index in [0.29, 0.717) is 17.5 Å². The molecule has 9 nitrogen and oxygen atoms in total. The quantitative estimate of drug-likeness (QED) is 0.422. The molecule has 0 aliphatic rings. The number of amides is 1. The van der Waals surface area contributed by atoms with Crippen molar-refractivity contribution < 1.29 is 19.1 Å². The fourth-order valence-corrected chi connectivity index (χ4v) is 3.47. The number of ether oxygens (including phenoxy) is 2. The molecular formula is C26H30N4O5. The van der Waals surface area contributed by atoms with Crippen molar-refractivity contribution in [2.75, 3.05) is 30.0 Å². The maximum atomic E-state index is 12.4. The molecule has 3 rings (SSSR count). The number of hydrogen-bond acceptors (Lipinski definition) is 7. The smallest absolute Gasteiger partial charge is 0.359 e. The molecule has 1 amide bonds. The van der Waals surface area contributed by atoms with Gasteiger partial charge in [0.05, 0.1) is 6.54 Å². The molecule has 1 aromatic heterocycles. The molecule has 0 aliphatic carbocycles. The van der Waals surface area contributed by atoms with Crippen LogP contribution < -0.4 is 20.5 Å². The van der Waals surface area contributed by atoms with E-state index in [1.165, 1.54) is 12.1 Å². The van der Waals surface area contributed by atoms with Gasteiger partial charge in [0.1, 0.15) is 12.4 Å². The summed E-state index contributed by atoms with van der Waals surface area (Å²) in [5.41, 5.74) is 1.20. The lowest BCUT2D eigenvalue weighted by Gasteiger charge is -2.27. The van der Waals surface area contributed by atoms with Gasteiger partial charge < -0.3 is 19.7 Å². The summed E-state index contributed by atoms with van der Waals surface area (Å²) in [6.45, 7) is 7.07. The van der Waals surface area contributed by atoms with Crippen molar-refractivity contribution in [3.63, 3.8) is 0 Å². The highest BCUT2D eigenvalue weighted by atomic mass is 16.5. The zero-order valence-electron chi connectivity index (χ0n) is 20.1. The topological polar surface area (TPSA) is 103 Å². The molecule has 0 spiro atoms. The van der Waals surface area contributed by atoms with Gasteiger partial charge in [-0.15, -0.1) is 0 Å². The number of rotatable bonds is 11. The van der Waals surface area contributed by atoms with Gasteiger partial charge in [-0.3, -0.25) is 9.59 Å². The van der Waals surface area contributed by atoms with E-state index in [4.69, 9.17) is 9.47 Å². The van der Waals surface area contributed by atoms with Gasteiger partial charge in [0, 0.05) is 30.0 Å². The first-order chi connectivity index (χ1) is 16.9. The molecule has 0 unspecified atom stereocenters. The van der Waals surface area contributed by atoms with E-state index in [1.807, 2.05) is 30.3 Å². The van der Waals surface area contributed by atoms with Gasteiger partial charge in [-0.1, -0.05) is 18.2 Å². The molecule has 0 atom stereocenters. The fraction of sp³-hybridized carbons (Fsp3) is 0.308. The normalized spacial score (nSPS) is 10.6. The van der Waals surface area contributed by atoms with Gasteiger partial charge in [-0.2, -0.15) is 5.10 Å². The van der Waals surface area contributed by atoms with Crippen molar-refractivity contribution in [1.29, 1.82) is 0 Å². The van der Waals surface area contributed by atoms with Crippen LogP contribution in [0, 0.1) is 0 Å². The molecule has 2 aromatic carbocycles. The molecule has 9 heteroatoms. The van der Waals surface area contributed by atoms with Crippen LogP contribution in [0.15, 0.2) is 71.5 Å². The second kappa shape index (κ2) is 12.4. The highest BCUT2D eigenvalue weighted by Gasteiger charge is 2.14. The zero-order chi connectivity index (χ0) is 25.2. The van der Waals surface area contributed by atoms with Gasteiger partial charge in [-0.05, 0) is 63.2 Å². The fourth-order valence-electron chi connectivity index (χ4n) is 3.47. The molecule has 0 bridgehead atoms. The highest BCUT2D eigenvalue weighted by molar-refractivity contribution is 5.94. The number of anilines is 2. The van der Waals surface area contributed by atoms with E-state index in [1.54, 1.807) is 24.3 Å². The maximum absolute atomic E-state index is 12.4. The summed E-state index contributed by atoms with van der Waals surface area (Å²) >= 11 is 0. The number of para-hydroxylation sites is 1. The van der Waals surface area contributed by atoms with E-state index in [9.17, 15) is 14.4 Å². The Labute approximate surface area is 204 Å². The third-order valence-corrected chi connectivity index (χ3v) is 5.17. The largest absolute Gasteiger partial charge is 0.492 e. The Morgan fingerprint density at radius 1 is 1.03 bits per heavy atom. The average molecular weight is 479 g/mol. The van der Waals surface area contributed by atoms with Gasteiger partial charge in [0.15, 0.2) is 12.3 Å². The number of nitrogens with zero attached hydrogens (tertiary/aromatic N) is 3. The number of esters is 1. The minimum atomic E-state index is -0.802. The van der Waals surface area contributed by atoms with E-state index in [2.05, 4.69) is 36.1 Å². The Kier molecular flexibility index (Phi) is 9.00. The molecule has 0 saturated heterocycles. The van der Waals surface area contributed by atoms with Crippen LogP contribution >= 0.6 is 0 Å². The molecule has 3 aromatic rings. The molecule has 1 heterocycles. The summed E-state index contributed by atoms with van der Waals surface area (Å²) in [6, 6.07) is 19.5. The van der Waals surface area contributed by atoms with E-state index in [0.717, 1.165) is 16.9 Å². The monoisotopic (exact) mass is 478 g/mol. The van der Waals surface area contributed by atoms with Crippen LogP contribution in [0.3, 0.4) is 0 Å². The number of carbonyl (C=O) groups excluding carboxylic acids is 2. The van der Waals surface area contributed by atoms with Crippen molar-refractivity contribution in [2.24, 2.45) is 0 Å². The summed E-state index contributed by atoms with van der Waals surface area (Å²) in [6.07, 6.45) is 0. The van der Waals surface area contributed by atoms with Crippen LogP contribution in [0.2, 0.25) is 0 Å². The Bertz CT molecular complexity index is 1180. The number of carbonyl (C=O) groups is 2. The van der Waals surface area contributed by atoms with Gasteiger partial charge >= 0.3 is 5.97 Å². The van der Waals surface area contributed by atoms with Crippen LogP contribution in [0.5, 0.6) is 5.75 Å². The van der Waals surface area contributed by atoms with E-state index >= 15 is 0 Å². The van der Waals surface area contributed by atoms with Crippen LogP contribution in [0.4, 0.5) is 11.4 Å². The van der Waals surface area contributed by atoms with Gasteiger partial charge in [-0.25, -0.2) is 9.48 Å². The van der Waals surface area contributed by atoms with Gasteiger partial charge in [0.25, 0.3) is 11.5 Å². The SMILES string of the molecule is CCN(c1ccc(NC(=O)COC(=O)c2ccc(=O)n(CCOc3ccccc3)n2)cc1)C(C)C. The number of hydrogen-bond donors (Lipinski definition) is 1. The summed E-state index contributed by atoms with van der Waals surface area (Å²) in [5, 5.41) is 6.73. The number of nitrogens with one attached hydrogen (secondary N) is 1. The number of aromatic nitrogens is 2. The van der Waals surface area contributed by atoms with E-state index in [-0.39, 0.29) is 24.4 Å². The van der Waals surface area contributed by atoms with Crippen molar-refractivity contribution in [3.05, 3.63) is 82.8 Å². The Hall–Kier alpha value is -4.14. The summed E-state index contributed by atoms with van der Waals surface area (Å²) in [7, 11) is 0. The lowest BCUT2D eigenvalue weighted by atomic mass is 10.2. The van der Waals surface area contributed by atoms with Crippen LogP contribution in [0.1, 0.15) is 31.3 Å². The molecule has 1 N–H and O–H groups in total. The summed E-state index contributed by atoms with van der Waals surface area (Å²) in [5.74, 6) is -0.616. The highest BCUT2D eigenvalue weighted by Crippen LogP contribution is 2.19. The summed E-state index contributed by atoms with van der Waals surface area (Å²) < 4.78 is 11.8. The molecule has 184 valence electrons. The standard InChI is InChI=1S/C26H30N4O5/c1-4-29(19(2)3)21-12-10-20(11-13-21)27-24(31)18-35-26(33)23-14-15-25(32)30(28-23)16-17-34-22-8-6-5-7-9-22/h5-15,19H,4,16-18H2,1-3H3,(H,27,31). The minimum absolute atomic E-state index is 0.0743. The molecule has 0 radical (unpaired) electrons. The predicted octanol–water partition coefficient (Wildman–Crippen LogP) is 3.35. The lowest BCUT2D eigenvalue weighted by Crippen LogP contribution is -2.30.